The summed E-state index contributed by atoms with van der Waals surface area (Å²) in [6.07, 6.45) is 1.21. The number of benzene rings is 1. The minimum atomic E-state index is 1.08. The van der Waals surface area contributed by atoms with Gasteiger partial charge in [-0.05, 0) is 38.3 Å². The molecule has 0 aromatic heterocycles. The van der Waals surface area contributed by atoms with Crippen LogP contribution in [0.5, 0.6) is 0 Å². The monoisotopic (exact) mass is 245 g/mol. The van der Waals surface area contributed by atoms with Crippen LogP contribution in [0.25, 0.3) is 0 Å². The van der Waals surface area contributed by atoms with Crippen LogP contribution < -0.4 is 0 Å². The molecule has 0 bridgehead atoms. The minimum Gasteiger partial charge on any atom is -0.346 e. The van der Waals surface area contributed by atoms with E-state index < -0.39 is 0 Å². The van der Waals surface area contributed by atoms with E-state index >= 15 is 0 Å². The van der Waals surface area contributed by atoms with Crippen molar-refractivity contribution >= 4 is 11.6 Å². The summed E-state index contributed by atoms with van der Waals surface area (Å²) in [5, 5.41) is 0. The first kappa shape index (κ1) is 12.9. The topological polar surface area (TPSA) is 18.8 Å². The van der Waals surface area contributed by atoms with Crippen LogP contribution in [0.2, 0.25) is 0 Å². The summed E-state index contributed by atoms with van der Waals surface area (Å²) in [6, 6.07) is 4.41. The quantitative estimate of drug-likeness (QED) is 0.757. The lowest BCUT2D eigenvalue weighted by Gasteiger charge is -2.34. The summed E-state index contributed by atoms with van der Waals surface area (Å²) in [5.74, 6) is 1.08. The van der Waals surface area contributed by atoms with E-state index in [-0.39, 0.29) is 0 Å². The predicted molar refractivity (Wildman–Crippen MR) is 77.6 cm³/mol. The predicted octanol–water partition coefficient (Wildman–Crippen LogP) is 2.87. The van der Waals surface area contributed by atoms with E-state index in [9.17, 15) is 0 Å². The van der Waals surface area contributed by atoms with Crippen molar-refractivity contribution in [3.05, 3.63) is 28.8 Å². The fourth-order valence-electron chi connectivity index (χ4n) is 2.66. The number of guanidine groups is 1. The van der Waals surface area contributed by atoms with Gasteiger partial charge in [0.2, 0.25) is 5.96 Å². The van der Waals surface area contributed by atoms with Crippen LogP contribution in [-0.4, -0.2) is 42.9 Å². The Kier molecular flexibility index (Phi) is 3.60. The highest BCUT2D eigenvalue weighted by atomic mass is 15.4. The highest BCUT2D eigenvalue weighted by Crippen LogP contribution is 2.26. The Morgan fingerprint density at radius 2 is 1.44 bits per heavy atom. The molecule has 0 amide bonds. The third-order valence-electron chi connectivity index (χ3n) is 3.52. The van der Waals surface area contributed by atoms with Gasteiger partial charge in [0, 0.05) is 27.2 Å². The summed E-state index contributed by atoms with van der Waals surface area (Å²) < 4.78 is 0. The Balaban J connectivity index is 2.43. The van der Waals surface area contributed by atoms with Gasteiger partial charge in [-0.1, -0.05) is 17.7 Å². The summed E-state index contributed by atoms with van der Waals surface area (Å²) in [7, 11) is 4.24. The van der Waals surface area contributed by atoms with Crippen molar-refractivity contribution in [2.75, 3.05) is 27.2 Å². The maximum Gasteiger partial charge on any atom is 0.201 e. The standard InChI is InChI=1S/C15H23N3/c1-11-9-12(2)14(13(3)10-11)16-15-17(4)7-6-8-18(15)5/h9-10H,6-8H2,1-5H3. The molecule has 2 rings (SSSR count). The van der Waals surface area contributed by atoms with Crippen LogP contribution in [0, 0.1) is 20.8 Å². The van der Waals surface area contributed by atoms with E-state index in [1.54, 1.807) is 0 Å². The number of hydrogen-bond acceptors (Lipinski definition) is 1. The second-order valence-electron chi connectivity index (χ2n) is 5.36. The first-order valence-corrected chi connectivity index (χ1v) is 6.58. The van der Waals surface area contributed by atoms with Gasteiger partial charge >= 0.3 is 0 Å². The molecule has 1 saturated heterocycles. The summed E-state index contributed by atoms with van der Waals surface area (Å²) >= 11 is 0. The van der Waals surface area contributed by atoms with Gasteiger partial charge in [0.25, 0.3) is 0 Å². The second-order valence-corrected chi connectivity index (χ2v) is 5.36. The largest absolute Gasteiger partial charge is 0.346 e. The highest BCUT2D eigenvalue weighted by Gasteiger charge is 2.18. The van der Waals surface area contributed by atoms with Crippen LogP contribution in [0.3, 0.4) is 0 Å². The minimum absolute atomic E-state index is 1.08. The molecular weight excluding hydrogens is 222 g/mol. The molecule has 1 heterocycles. The van der Waals surface area contributed by atoms with Gasteiger partial charge < -0.3 is 9.80 Å². The van der Waals surface area contributed by atoms with Crippen LogP contribution >= 0.6 is 0 Å². The third kappa shape index (κ3) is 2.50. The van der Waals surface area contributed by atoms with Crippen molar-refractivity contribution in [3.63, 3.8) is 0 Å². The van der Waals surface area contributed by atoms with Crippen molar-refractivity contribution in [2.24, 2.45) is 4.99 Å². The Labute approximate surface area is 110 Å². The molecule has 0 unspecified atom stereocenters. The van der Waals surface area contributed by atoms with Gasteiger partial charge in [-0.15, -0.1) is 0 Å². The van der Waals surface area contributed by atoms with Crippen molar-refractivity contribution in [1.29, 1.82) is 0 Å². The van der Waals surface area contributed by atoms with E-state index in [2.05, 4.69) is 56.8 Å². The fraction of sp³-hybridized carbons (Fsp3) is 0.533. The fourth-order valence-corrected chi connectivity index (χ4v) is 2.66. The zero-order valence-electron chi connectivity index (χ0n) is 12.1. The van der Waals surface area contributed by atoms with Crippen LogP contribution in [0.4, 0.5) is 5.69 Å². The summed E-state index contributed by atoms with van der Waals surface area (Å²) in [4.78, 5) is 9.37. The Morgan fingerprint density at radius 3 is 1.94 bits per heavy atom. The molecule has 0 radical (unpaired) electrons. The molecule has 98 valence electrons. The van der Waals surface area contributed by atoms with E-state index in [1.807, 2.05) is 0 Å². The molecule has 0 aliphatic carbocycles. The SMILES string of the molecule is Cc1cc(C)c(N=C2N(C)CCCN2C)c(C)c1. The Hall–Kier alpha value is -1.51. The molecule has 18 heavy (non-hydrogen) atoms. The van der Waals surface area contributed by atoms with E-state index in [0.29, 0.717) is 0 Å². The molecule has 1 aliphatic rings. The Bertz CT molecular complexity index is 442. The lowest BCUT2D eigenvalue weighted by molar-refractivity contribution is 0.318. The molecule has 0 N–H and O–H groups in total. The summed E-state index contributed by atoms with van der Waals surface area (Å²) in [5.41, 5.74) is 4.94. The molecule has 3 heteroatoms. The smallest absolute Gasteiger partial charge is 0.201 e. The molecule has 0 atom stereocenters. The van der Waals surface area contributed by atoms with Gasteiger partial charge in [-0.25, -0.2) is 4.99 Å². The molecule has 1 aromatic carbocycles. The van der Waals surface area contributed by atoms with Crippen LogP contribution in [0.1, 0.15) is 23.1 Å². The van der Waals surface area contributed by atoms with Gasteiger partial charge in [-0.3, -0.25) is 0 Å². The molecule has 0 spiro atoms. The van der Waals surface area contributed by atoms with Crippen molar-refractivity contribution in [1.82, 2.24) is 9.80 Å². The van der Waals surface area contributed by atoms with Crippen molar-refractivity contribution in [3.8, 4) is 0 Å². The number of nitrogens with zero attached hydrogens (tertiary/aromatic N) is 3. The average Bonchev–Trinajstić information content (AvgIpc) is 2.26. The number of rotatable bonds is 1. The normalized spacial score (nSPS) is 16.2. The van der Waals surface area contributed by atoms with Gasteiger partial charge in [0.05, 0.1) is 5.69 Å². The van der Waals surface area contributed by atoms with Gasteiger partial charge in [0.15, 0.2) is 0 Å². The van der Waals surface area contributed by atoms with Gasteiger partial charge in [-0.2, -0.15) is 0 Å². The highest BCUT2D eigenvalue weighted by molar-refractivity contribution is 5.84. The molecule has 1 fully saturated rings. The third-order valence-corrected chi connectivity index (χ3v) is 3.52. The molecule has 3 nitrogen and oxygen atoms in total. The number of hydrogen-bond donors (Lipinski definition) is 0. The summed E-state index contributed by atoms with van der Waals surface area (Å²) in [6.45, 7) is 8.60. The average molecular weight is 245 g/mol. The Morgan fingerprint density at radius 1 is 0.944 bits per heavy atom. The maximum absolute atomic E-state index is 4.89. The lowest BCUT2D eigenvalue weighted by Crippen LogP contribution is -2.46. The first-order chi connectivity index (χ1) is 8.49. The zero-order chi connectivity index (χ0) is 13.3. The molecule has 0 saturated carbocycles. The molecular formula is C15H23N3. The van der Waals surface area contributed by atoms with Gasteiger partial charge in [0.1, 0.15) is 0 Å². The molecule has 1 aromatic rings. The second kappa shape index (κ2) is 5.01. The van der Waals surface area contributed by atoms with E-state index in [1.165, 1.54) is 23.1 Å². The molecule has 1 aliphatic heterocycles. The first-order valence-electron chi connectivity index (χ1n) is 6.58. The van der Waals surface area contributed by atoms with Crippen LogP contribution in [0.15, 0.2) is 17.1 Å². The number of aliphatic imine (C=N–C) groups is 1. The van der Waals surface area contributed by atoms with E-state index in [4.69, 9.17) is 4.99 Å². The lowest BCUT2D eigenvalue weighted by atomic mass is 10.1. The van der Waals surface area contributed by atoms with Crippen LogP contribution in [-0.2, 0) is 0 Å². The van der Waals surface area contributed by atoms with Crippen molar-refractivity contribution < 1.29 is 0 Å². The van der Waals surface area contributed by atoms with Crippen molar-refractivity contribution in [2.45, 2.75) is 27.2 Å². The maximum atomic E-state index is 4.89. The zero-order valence-corrected chi connectivity index (χ0v) is 12.1. The number of aryl methyl sites for hydroxylation is 3. The van der Waals surface area contributed by atoms with E-state index in [0.717, 1.165) is 24.7 Å².